The fraction of sp³-hybridized carbons (Fsp3) is 0.597. The van der Waals surface area contributed by atoms with Crippen molar-refractivity contribution in [2.75, 3.05) is 19.8 Å². The summed E-state index contributed by atoms with van der Waals surface area (Å²) in [4.78, 5) is 13.2. The first-order valence-electron chi connectivity index (χ1n) is 32.4. The van der Waals surface area contributed by atoms with Crippen molar-refractivity contribution in [3.8, 4) is 0 Å². The summed E-state index contributed by atoms with van der Waals surface area (Å²) in [5.41, 5.74) is 0. The Balaban J connectivity index is 1.69. The first-order chi connectivity index (χ1) is 42.1. The lowest BCUT2D eigenvalue weighted by Crippen LogP contribution is -2.65. The van der Waals surface area contributed by atoms with Gasteiger partial charge in [0.05, 0.1) is 32.0 Å². The quantitative estimate of drug-likeness (QED) is 0.0204. The fourth-order valence-electron chi connectivity index (χ4n) is 9.23. The molecule has 1 amide bonds. The highest BCUT2D eigenvalue weighted by atomic mass is 16.7. The van der Waals surface area contributed by atoms with Gasteiger partial charge in [0.25, 0.3) is 0 Å². The van der Waals surface area contributed by atoms with Crippen LogP contribution in [0.15, 0.2) is 170 Å². The summed E-state index contributed by atoms with van der Waals surface area (Å²) in [5, 5.41) is 87.0. The van der Waals surface area contributed by atoms with Gasteiger partial charge in [0.2, 0.25) is 5.91 Å². The molecule has 0 aliphatic carbocycles. The van der Waals surface area contributed by atoms with Crippen molar-refractivity contribution in [1.82, 2.24) is 5.32 Å². The minimum atomic E-state index is -1.80. The molecule has 14 heteroatoms. The van der Waals surface area contributed by atoms with Gasteiger partial charge in [-0.05, 0) is 122 Å². The molecule has 0 radical (unpaired) electrons. The number of aliphatic hydroxyl groups is 8. The molecule has 0 aromatic rings. The van der Waals surface area contributed by atoms with E-state index in [0.29, 0.717) is 12.8 Å². The number of ether oxygens (including phenoxy) is 4. The summed E-state index contributed by atoms with van der Waals surface area (Å²) >= 11 is 0. The Morgan fingerprint density at radius 1 is 0.430 bits per heavy atom. The third-order valence-electron chi connectivity index (χ3n) is 14.4. The summed E-state index contributed by atoms with van der Waals surface area (Å²) in [5.74, 6) is -0.301. The number of hydrogen-bond acceptors (Lipinski definition) is 13. The van der Waals surface area contributed by atoms with Crippen LogP contribution in [0.3, 0.4) is 0 Å². The molecule has 0 saturated carbocycles. The summed E-state index contributed by atoms with van der Waals surface area (Å²) in [6, 6.07) is -0.967. The van der Waals surface area contributed by atoms with E-state index in [1.807, 2.05) is 6.08 Å². The minimum absolute atomic E-state index is 0.206. The van der Waals surface area contributed by atoms with Crippen LogP contribution in [0, 0.1) is 0 Å². The van der Waals surface area contributed by atoms with Crippen molar-refractivity contribution in [3.63, 3.8) is 0 Å². The SMILES string of the molecule is CC/C=C\C/C=C\C/C=C\C/C=C\C/C=C\C/C=C\C/C=C\C/C=C\C/C=C\C/C=C\C/C=C\C/C=C\CCCCC(=O)NC(COC1OC(CO)C(OC2OC(CO)C(O)C(O)C2O)C(O)C1O)C(O)/C=C/CC/C=C/CCCCCCCCC. The number of allylic oxidation sites excluding steroid dienone is 27. The van der Waals surface area contributed by atoms with Crippen LogP contribution in [0.1, 0.15) is 181 Å². The van der Waals surface area contributed by atoms with Crippen LogP contribution in [-0.2, 0) is 23.7 Å². The van der Waals surface area contributed by atoms with E-state index in [4.69, 9.17) is 18.9 Å². The first kappa shape index (κ1) is 77.4. The zero-order valence-corrected chi connectivity index (χ0v) is 52.2. The molecule has 12 atom stereocenters. The average Bonchev–Trinajstić information content (AvgIpc) is 2.76. The second-order valence-corrected chi connectivity index (χ2v) is 21.8. The normalized spacial score (nSPS) is 24.6. The van der Waals surface area contributed by atoms with Crippen LogP contribution in [-0.4, -0.2) is 140 Å². The van der Waals surface area contributed by atoms with Gasteiger partial charge in [-0.15, -0.1) is 0 Å². The maximum Gasteiger partial charge on any atom is 0.220 e. The molecular weight excluding hydrogens is 1090 g/mol. The van der Waals surface area contributed by atoms with Gasteiger partial charge in [0, 0.05) is 6.42 Å². The highest BCUT2D eigenvalue weighted by Crippen LogP contribution is 2.30. The van der Waals surface area contributed by atoms with Crippen molar-refractivity contribution in [2.45, 2.75) is 254 Å². The van der Waals surface area contributed by atoms with Crippen molar-refractivity contribution in [1.29, 1.82) is 0 Å². The molecule has 0 aromatic heterocycles. The molecule has 9 N–H and O–H groups in total. The Kier molecular flexibility index (Phi) is 49.1. The summed E-state index contributed by atoms with van der Waals surface area (Å²) in [6.45, 7) is 2.59. The van der Waals surface area contributed by atoms with Gasteiger partial charge in [0.15, 0.2) is 12.6 Å². The van der Waals surface area contributed by atoms with E-state index in [0.717, 1.165) is 103 Å². The van der Waals surface area contributed by atoms with E-state index in [2.05, 4.69) is 177 Å². The second-order valence-electron chi connectivity index (χ2n) is 21.8. The number of amides is 1. The van der Waals surface area contributed by atoms with Gasteiger partial charge in [-0.2, -0.15) is 0 Å². The van der Waals surface area contributed by atoms with E-state index >= 15 is 0 Å². The van der Waals surface area contributed by atoms with Crippen molar-refractivity contribution in [3.05, 3.63) is 170 Å². The van der Waals surface area contributed by atoms with Crippen LogP contribution >= 0.6 is 0 Å². The summed E-state index contributed by atoms with van der Waals surface area (Å²) in [6.07, 6.45) is 68.4. The maximum absolute atomic E-state index is 13.2. The molecule has 2 saturated heterocycles. The number of carbonyl (C=O) groups excluding carboxylic acids is 1. The van der Waals surface area contributed by atoms with Crippen molar-refractivity contribution >= 4 is 5.91 Å². The molecule has 12 unspecified atom stereocenters. The third kappa shape index (κ3) is 38.6. The molecule has 2 aliphatic rings. The zero-order chi connectivity index (χ0) is 62.3. The van der Waals surface area contributed by atoms with E-state index < -0.39 is 86.8 Å². The number of carbonyl (C=O) groups is 1. The van der Waals surface area contributed by atoms with Crippen LogP contribution in [0.2, 0.25) is 0 Å². The van der Waals surface area contributed by atoms with E-state index in [1.165, 1.54) is 44.9 Å². The maximum atomic E-state index is 13.2. The number of unbranched alkanes of at least 4 members (excludes halogenated alkanes) is 10. The summed E-state index contributed by atoms with van der Waals surface area (Å²) < 4.78 is 22.7. The van der Waals surface area contributed by atoms with E-state index in [1.54, 1.807) is 6.08 Å². The van der Waals surface area contributed by atoms with Gasteiger partial charge in [0.1, 0.15) is 48.8 Å². The molecule has 2 fully saturated rings. The Bertz CT molecular complexity index is 2100. The molecule has 0 aromatic carbocycles. The largest absolute Gasteiger partial charge is 0.394 e. The Morgan fingerprint density at radius 2 is 0.814 bits per heavy atom. The van der Waals surface area contributed by atoms with Crippen molar-refractivity contribution < 1.29 is 64.6 Å². The highest BCUT2D eigenvalue weighted by Gasteiger charge is 2.51. The molecule has 0 spiro atoms. The molecule has 2 rings (SSSR count). The lowest BCUT2D eigenvalue weighted by molar-refractivity contribution is -0.359. The van der Waals surface area contributed by atoms with E-state index in [-0.39, 0.29) is 18.9 Å². The Morgan fingerprint density at radius 3 is 1.28 bits per heavy atom. The van der Waals surface area contributed by atoms with Gasteiger partial charge in [-0.3, -0.25) is 4.79 Å². The minimum Gasteiger partial charge on any atom is -0.394 e. The second kappa shape index (κ2) is 54.5. The topological polar surface area (TPSA) is 228 Å². The number of nitrogens with one attached hydrogen (secondary N) is 1. The van der Waals surface area contributed by atoms with Gasteiger partial charge < -0.3 is 65.1 Å². The Labute approximate surface area is 518 Å². The standard InChI is InChI=1S/C72H113NO13/c1-3-5-7-9-11-13-15-17-18-19-20-21-22-23-24-25-26-27-28-29-30-31-32-33-34-35-36-37-38-39-40-41-42-44-46-48-50-52-54-56-64(77)73-60(61(76)55-53-51-49-47-45-43-16-14-12-10-8-6-4-2)59-83-71-69(82)67(80)70(63(58-75)85-71)86-72-68(81)66(79)65(78)62(57-74)84-72/h5,7,11,13,17-18,20-21,23-24,26-27,29-30,32-33,35-36,38-39,41-42,45-48,53,55,60-63,65-72,74-76,78-82H,3-4,6,8-10,12,14-16,19,22,25,28,31,34,37,40,43-44,49-52,54,56-59H2,1-2H3,(H,73,77)/b7-5-,13-11-,18-17-,21-20-,24-23-,27-26-,30-29-,33-32-,36-35-,39-38-,42-41-,47-45+,48-46-,55-53+. The van der Waals surface area contributed by atoms with Gasteiger partial charge >= 0.3 is 0 Å². The molecule has 2 aliphatic heterocycles. The molecule has 0 bridgehead atoms. The summed E-state index contributed by atoms with van der Waals surface area (Å²) in [7, 11) is 0. The van der Waals surface area contributed by atoms with Gasteiger partial charge in [-0.25, -0.2) is 0 Å². The predicted molar refractivity (Wildman–Crippen MR) is 350 cm³/mol. The molecule has 14 nitrogen and oxygen atoms in total. The average molecular weight is 1200 g/mol. The molecular formula is C72H113NO13. The fourth-order valence-corrected chi connectivity index (χ4v) is 9.23. The Hall–Kier alpha value is -4.65. The highest BCUT2D eigenvalue weighted by molar-refractivity contribution is 5.76. The first-order valence-corrected chi connectivity index (χ1v) is 32.4. The number of aliphatic hydroxyl groups excluding tert-OH is 8. The molecule has 2 heterocycles. The van der Waals surface area contributed by atoms with Crippen LogP contribution in [0.5, 0.6) is 0 Å². The lowest BCUT2D eigenvalue weighted by atomic mass is 9.97. The lowest BCUT2D eigenvalue weighted by Gasteiger charge is -2.46. The smallest absolute Gasteiger partial charge is 0.220 e. The van der Waals surface area contributed by atoms with Crippen molar-refractivity contribution in [2.24, 2.45) is 0 Å². The number of rotatable bonds is 49. The van der Waals surface area contributed by atoms with Crippen LogP contribution in [0.25, 0.3) is 0 Å². The van der Waals surface area contributed by atoms with E-state index in [9.17, 15) is 45.6 Å². The zero-order valence-electron chi connectivity index (χ0n) is 52.2. The van der Waals surface area contributed by atoms with Crippen LogP contribution in [0.4, 0.5) is 0 Å². The predicted octanol–water partition coefficient (Wildman–Crippen LogP) is 12.4. The number of hydrogen-bond donors (Lipinski definition) is 9. The molecule has 484 valence electrons. The monoisotopic (exact) mass is 1200 g/mol. The van der Waals surface area contributed by atoms with Gasteiger partial charge in [-0.1, -0.05) is 223 Å². The van der Waals surface area contributed by atoms with Crippen LogP contribution < -0.4 is 5.32 Å². The molecule has 86 heavy (non-hydrogen) atoms. The third-order valence-corrected chi connectivity index (χ3v) is 14.4.